The van der Waals surface area contributed by atoms with Crippen LogP contribution in [-0.4, -0.2) is 26.8 Å². The molecule has 0 N–H and O–H groups in total. The van der Waals surface area contributed by atoms with Gasteiger partial charge in [-0.25, -0.2) is 9.59 Å². The normalized spacial score (nSPS) is 11.0. The molecule has 0 atom stereocenters. The Kier molecular flexibility index (Phi) is 7.21. The number of carbonyl (C=O) groups is 1. The number of methoxy groups -OCH3 is 1. The van der Waals surface area contributed by atoms with Crippen LogP contribution in [0.3, 0.4) is 0 Å². The van der Waals surface area contributed by atoms with Gasteiger partial charge in [-0.1, -0.05) is 17.7 Å². The van der Waals surface area contributed by atoms with Crippen LogP contribution in [0.25, 0.3) is 11.0 Å². The minimum absolute atomic E-state index is 0.0796. The highest BCUT2D eigenvalue weighted by atomic mass is 35.5. The predicted molar refractivity (Wildman–Crippen MR) is 136 cm³/mol. The number of ether oxygens (including phenoxy) is 3. The zero-order valence-electron chi connectivity index (χ0n) is 20.4. The van der Waals surface area contributed by atoms with Crippen molar-refractivity contribution < 1.29 is 19.0 Å². The fourth-order valence-electron chi connectivity index (χ4n) is 4.18. The van der Waals surface area contributed by atoms with Gasteiger partial charge in [0.25, 0.3) is 5.56 Å². The van der Waals surface area contributed by atoms with Gasteiger partial charge in [-0.15, -0.1) is 0 Å². The van der Waals surface area contributed by atoms with Gasteiger partial charge in [-0.3, -0.25) is 13.9 Å². The Morgan fingerprint density at radius 1 is 0.944 bits per heavy atom. The second-order valence-electron chi connectivity index (χ2n) is 8.12. The summed E-state index contributed by atoms with van der Waals surface area (Å²) in [5, 5.41) is 0.409. The molecule has 0 radical (unpaired) electrons. The number of nitrogens with zero attached hydrogens (tertiary/aromatic N) is 3. The smallest absolute Gasteiger partial charge is 0.338 e. The summed E-state index contributed by atoms with van der Waals surface area (Å²) in [5.74, 6) is 0.704. The maximum absolute atomic E-state index is 13.1. The van der Waals surface area contributed by atoms with Crippen LogP contribution < -0.4 is 20.7 Å². The van der Waals surface area contributed by atoms with Crippen molar-refractivity contribution in [1.82, 2.24) is 13.7 Å². The lowest BCUT2D eigenvalue weighted by atomic mass is 10.2. The molecular formula is C26H26ClN3O6. The second kappa shape index (κ2) is 10.3. The van der Waals surface area contributed by atoms with Crippen molar-refractivity contribution in [3.8, 4) is 11.5 Å². The zero-order valence-corrected chi connectivity index (χ0v) is 21.2. The molecule has 0 aliphatic heterocycles. The van der Waals surface area contributed by atoms with E-state index in [0.717, 1.165) is 4.57 Å². The number of fused-ring (bicyclic) bond motifs is 1. The molecule has 0 saturated heterocycles. The standard InChI is InChI=1S/C26H26ClN3O6/c1-5-30-21(15-35-19-11-9-18(34-4)10-12-19)20(14-36-25(32)16-7-6-8-17(27)13-16)22-23(30)24(31)29(3)26(33)28(22)2/h6-13H,5,14-15H2,1-4H3. The van der Waals surface area contributed by atoms with Gasteiger partial charge in [-0.05, 0) is 49.4 Å². The molecule has 0 amide bonds. The van der Waals surface area contributed by atoms with Crippen molar-refractivity contribution >= 4 is 28.6 Å². The molecule has 4 aromatic rings. The van der Waals surface area contributed by atoms with Crippen LogP contribution in [0, 0.1) is 0 Å². The molecule has 0 saturated carbocycles. The Labute approximate surface area is 212 Å². The SMILES string of the molecule is CCn1c(COc2ccc(OC)cc2)c(COC(=O)c2cccc(Cl)c2)c2c1c(=O)n(C)c(=O)n2C. The molecule has 36 heavy (non-hydrogen) atoms. The number of carbonyl (C=O) groups excluding carboxylic acids is 1. The summed E-state index contributed by atoms with van der Waals surface area (Å²) in [6.07, 6.45) is 0. The quantitative estimate of drug-likeness (QED) is 0.335. The van der Waals surface area contributed by atoms with Gasteiger partial charge in [0.2, 0.25) is 0 Å². The molecule has 10 heteroatoms. The van der Waals surface area contributed by atoms with Crippen molar-refractivity contribution in [2.24, 2.45) is 14.1 Å². The van der Waals surface area contributed by atoms with Crippen molar-refractivity contribution in [2.75, 3.05) is 7.11 Å². The fraction of sp³-hybridized carbons (Fsp3) is 0.269. The number of halogens is 1. The van der Waals surface area contributed by atoms with E-state index >= 15 is 0 Å². The summed E-state index contributed by atoms with van der Waals surface area (Å²) in [6.45, 7) is 2.24. The van der Waals surface area contributed by atoms with E-state index in [1.54, 1.807) is 61.2 Å². The molecule has 0 unspecified atom stereocenters. The molecule has 4 rings (SSSR count). The summed E-state index contributed by atoms with van der Waals surface area (Å²) in [6, 6.07) is 13.5. The monoisotopic (exact) mass is 511 g/mol. The van der Waals surface area contributed by atoms with E-state index in [0.29, 0.717) is 50.9 Å². The van der Waals surface area contributed by atoms with Crippen LogP contribution >= 0.6 is 11.6 Å². The van der Waals surface area contributed by atoms with E-state index < -0.39 is 17.2 Å². The van der Waals surface area contributed by atoms with Crippen LogP contribution in [0.4, 0.5) is 0 Å². The maximum Gasteiger partial charge on any atom is 0.338 e. The lowest BCUT2D eigenvalue weighted by molar-refractivity contribution is 0.0471. The molecule has 0 aliphatic rings. The third-order valence-electron chi connectivity index (χ3n) is 6.03. The van der Waals surface area contributed by atoms with Crippen LogP contribution in [0.1, 0.15) is 28.5 Å². The first-order valence-corrected chi connectivity index (χ1v) is 11.6. The lowest BCUT2D eigenvalue weighted by Crippen LogP contribution is -2.37. The van der Waals surface area contributed by atoms with Gasteiger partial charge in [0.05, 0.1) is 23.9 Å². The highest BCUT2D eigenvalue weighted by Gasteiger charge is 2.25. The van der Waals surface area contributed by atoms with Crippen molar-refractivity contribution in [3.05, 3.63) is 91.2 Å². The molecule has 0 spiro atoms. The number of aryl methyl sites for hydroxylation is 2. The van der Waals surface area contributed by atoms with Gasteiger partial charge in [0.1, 0.15) is 30.2 Å². The first-order chi connectivity index (χ1) is 17.3. The van der Waals surface area contributed by atoms with E-state index in [1.807, 2.05) is 6.92 Å². The van der Waals surface area contributed by atoms with Crippen LogP contribution in [0.2, 0.25) is 5.02 Å². The van der Waals surface area contributed by atoms with E-state index in [4.69, 9.17) is 25.8 Å². The number of hydrogen-bond donors (Lipinski definition) is 0. The first kappa shape index (κ1) is 25.1. The number of esters is 1. The van der Waals surface area contributed by atoms with Gasteiger partial charge in [0, 0.05) is 31.2 Å². The van der Waals surface area contributed by atoms with E-state index in [2.05, 4.69) is 0 Å². The zero-order chi connectivity index (χ0) is 26.0. The highest BCUT2D eigenvalue weighted by molar-refractivity contribution is 6.30. The van der Waals surface area contributed by atoms with Crippen LogP contribution in [0.15, 0.2) is 58.1 Å². The highest BCUT2D eigenvalue weighted by Crippen LogP contribution is 2.27. The Bertz CT molecular complexity index is 1550. The molecule has 2 aromatic carbocycles. The van der Waals surface area contributed by atoms with Crippen LogP contribution in [-0.2, 0) is 38.6 Å². The summed E-state index contributed by atoms with van der Waals surface area (Å²) < 4.78 is 21.1. The van der Waals surface area contributed by atoms with E-state index in [-0.39, 0.29) is 13.2 Å². The predicted octanol–water partition coefficient (Wildman–Crippen LogP) is 3.66. The molecule has 2 aromatic heterocycles. The molecule has 0 bridgehead atoms. The maximum atomic E-state index is 13.1. The molecule has 9 nitrogen and oxygen atoms in total. The Morgan fingerprint density at radius 3 is 2.28 bits per heavy atom. The van der Waals surface area contributed by atoms with Crippen molar-refractivity contribution in [1.29, 1.82) is 0 Å². The molecule has 2 heterocycles. The number of benzene rings is 2. The summed E-state index contributed by atoms with van der Waals surface area (Å²) in [4.78, 5) is 38.6. The van der Waals surface area contributed by atoms with E-state index in [9.17, 15) is 14.4 Å². The fourth-order valence-corrected chi connectivity index (χ4v) is 4.37. The van der Waals surface area contributed by atoms with Gasteiger partial charge in [0.15, 0.2) is 0 Å². The molecule has 0 fully saturated rings. The minimum atomic E-state index is -0.578. The number of aromatic nitrogens is 3. The van der Waals surface area contributed by atoms with Gasteiger partial charge in [-0.2, -0.15) is 0 Å². The lowest BCUT2D eigenvalue weighted by Gasteiger charge is -2.12. The van der Waals surface area contributed by atoms with Crippen LogP contribution in [0.5, 0.6) is 11.5 Å². The average Bonchev–Trinajstić information content (AvgIpc) is 3.21. The van der Waals surface area contributed by atoms with Crippen molar-refractivity contribution in [2.45, 2.75) is 26.7 Å². The molecule has 0 aliphatic carbocycles. The summed E-state index contributed by atoms with van der Waals surface area (Å²) >= 11 is 6.01. The topological polar surface area (TPSA) is 93.7 Å². The Balaban J connectivity index is 1.79. The summed E-state index contributed by atoms with van der Waals surface area (Å²) in [5.41, 5.74) is 1.26. The van der Waals surface area contributed by atoms with Gasteiger partial charge < -0.3 is 18.8 Å². The minimum Gasteiger partial charge on any atom is -0.497 e. The van der Waals surface area contributed by atoms with Gasteiger partial charge >= 0.3 is 11.7 Å². The van der Waals surface area contributed by atoms with Crippen molar-refractivity contribution in [3.63, 3.8) is 0 Å². The Hall–Kier alpha value is -3.98. The molecule has 188 valence electrons. The average molecular weight is 512 g/mol. The third-order valence-corrected chi connectivity index (χ3v) is 6.26. The molecular weight excluding hydrogens is 486 g/mol. The number of rotatable bonds is 8. The Morgan fingerprint density at radius 2 is 1.64 bits per heavy atom. The summed E-state index contributed by atoms with van der Waals surface area (Å²) in [7, 11) is 4.60. The third kappa shape index (κ3) is 4.61. The first-order valence-electron chi connectivity index (χ1n) is 11.3. The largest absolute Gasteiger partial charge is 0.497 e. The number of hydrogen-bond acceptors (Lipinski definition) is 6. The van der Waals surface area contributed by atoms with E-state index in [1.165, 1.54) is 17.7 Å². The second-order valence-corrected chi connectivity index (χ2v) is 8.56.